The maximum absolute atomic E-state index is 13.6. The van der Waals surface area contributed by atoms with Gasteiger partial charge in [0, 0.05) is 29.5 Å². The van der Waals surface area contributed by atoms with Gasteiger partial charge in [-0.25, -0.2) is 8.42 Å². The molecule has 1 fully saturated rings. The lowest BCUT2D eigenvalue weighted by Gasteiger charge is -2.35. The number of anilines is 3. The molecule has 1 atom stereocenters. The summed E-state index contributed by atoms with van der Waals surface area (Å²) in [6, 6.07) is 19.0. The van der Waals surface area contributed by atoms with E-state index >= 15 is 0 Å². The van der Waals surface area contributed by atoms with Gasteiger partial charge in [-0.3, -0.25) is 9.10 Å². The summed E-state index contributed by atoms with van der Waals surface area (Å²) in [4.78, 5) is 15.7. The number of amides is 1. The highest BCUT2D eigenvalue weighted by Gasteiger charge is 2.37. The van der Waals surface area contributed by atoms with Crippen molar-refractivity contribution in [2.45, 2.75) is 37.2 Å². The topological polar surface area (TPSA) is 79.0 Å². The molecule has 1 saturated heterocycles. The molecule has 2 aliphatic heterocycles. The Kier molecular flexibility index (Phi) is 6.81. The third-order valence-corrected chi connectivity index (χ3v) is 8.58. The van der Waals surface area contributed by atoms with Gasteiger partial charge in [0.2, 0.25) is 0 Å². The molecule has 3 aromatic rings. The van der Waals surface area contributed by atoms with Gasteiger partial charge >= 0.3 is 0 Å². The molecule has 3 aromatic carbocycles. The number of ether oxygens (including phenoxy) is 1. The van der Waals surface area contributed by atoms with Crippen LogP contribution in [0.4, 0.5) is 17.1 Å². The minimum absolute atomic E-state index is 0.133. The Hall–Kier alpha value is -3.23. The Labute approximate surface area is 216 Å². The number of rotatable bonds is 5. The van der Waals surface area contributed by atoms with Crippen molar-refractivity contribution >= 4 is 44.6 Å². The number of nitrogens with one attached hydrogen (secondary N) is 1. The fraction of sp³-hybridized carbons (Fsp3) is 0.296. The average molecular weight is 526 g/mol. The van der Waals surface area contributed by atoms with E-state index in [1.807, 2.05) is 31.2 Å². The zero-order valence-electron chi connectivity index (χ0n) is 20.0. The lowest BCUT2D eigenvalue weighted by atomic mass is 10.1. The predicted octanol–water partition coefficient (Wildman–Crippen LogP) is 5.23. The van der Waals surface area contributed by atoms with Crippen molar-refractivity contribution in [3.8, 4) is 5.75 Å². The van der Waals surface area contributed by atoms with Gasteiger partial charge in [-0.1, -0.05) is 29.3 Å². The van der Waals surface area contributed by atoms with E-state index in [-0.39, 0.29) is 17.2 Å². The number of hydrogen-bond donors (Lipinski definition) is 1. The van der Waals surface area contributed by atoms with Crippen LogP contribution >= 0.6 is 11.6 Å². The zero-order chi connectivity index (χ0) is 25.3. The molecule has 36 heavy (non-hydrogen) atoms. The van der Waals surface area contributed by atoms with E-state index < -0.39 is 22.0 Å². The van der Waals surface area contributed by atoms with Crippen molar-refractivity contribution in [2.24, 2.45) is 0 Å². The van der Waals surface area contributed by atoms with E-state index in [1.54, 1.807) is 36.4 Å². The maximum Gasteiger partial charge on any atom is 0.267 e. The van der Waals surface area contributed by atoms with Crippen LogP contribution in [-0.4, -0.2) is 40.1 Å². The molecule has 7 nitrogen and oxygen atoms in total. The van der Waals surface area contributed by atoms with Crippen LogP contribution in [0.25, 0.3) is 0 Å². The van der Waals surface area contributed by atoms with Crippen LogP contribution in [0.15, 0.2) is 71.6 Å². The number of benzene rings is 3. The number of fused-ring (bicyclic) bond motifs is 1. The van der Waals surface area contributed by atoms with Crippen molar-refractivity contribution in [3.63, 3.8) is 0 Å². The largest absolute Gasteiger partial charge is 0.476 e. The van der Waals surface area contributed by atoms with Crippen molar-refractivity contribution in [1.29, 1.82) is 0 Å². The molecule has 0 aromatic heterocycles. The molecule has 9 heteroatoms. The second kappa shape index (κ2) is 10.0. The number of hydrogen-bond acceptors (Lipinski definition) is 5. The van der Waals surface area contributed by atoms with Crippen LogP contribution in [0.2, 0.25) is 5.02 Å². The highest BCUT2D eigenvalue weighted by Crippen LogP contribution is 2.39. The van der Waals surface area contributed by atoms with Crippen LogP contribution < -0.4 is 19.3 Å². The summed E-state index contributed by atoms with van der Waals surface area (Å²) in [6.45, 7) is 3.79. The van der Waals surface area contributed by atoms with E-state index in [4.69, 9.17) is 16.3 Å². The van der Waals surface area contributed by atoms with Gasteiger partial charge in [0.15, 0.2) is 6.10 Å². The Morgan fingerprint density at radius 1 is 0.972 bits per heavy atom. The minimum atomic E-state index is -3.96. The van der Waals surface area contributed by atoms with E-state index in [9.17, 15) is 13.2 Å². The van der Waals surface area contributed by atoms with E-state index in [2.05, 4.69) is 10.2 Å². The molecule has 2 heterocycles. The van der Waals surface area contributed by atoms with Crippen molar-refractivity contribution in [1.82, 2.24) is 0 Å². The van der Waals surface area contributed by atoms with E-state index in [0.29, 0.717) is 16.4 Å². The standard InChI is InChI=1S/C27H28ClN3O4S/c1-19-5-12-23(13-6-19)36(33,34)31-18-26(35-25-14-7-20(28)17-24(25)31)27(32)29-21-8-10-22(11-9-21)30-15-3-2-4-16-30/h5-14,17,26H,2-4,15-16,18H2,1H3,(H,29,32). The summed E-state index contributed by atoms with van der Waals surface area (Å²) < 4.78 is 34.3. The Bertz CT molecular complexity index is 1350. The molecule has 0 radical (unpaired) electrons. The van der Waals surface area contributed by atoms with Gasteiger partial charge in [-0.15, -0.1) is 0 Å². The first-order valence-electron chi connectivity index (χ1n) is 12.0. The van der Waals surface area contributed by atoms with Crippen LogP contribution in [-0.2, 0) is 14.8 Å². The fourth-order valence-electron chi connectivity index (χ4n) is 4.56. The SMILES string of the molecule is Cc1ccc(S(=O)(=O)N2CC(C(=O)Nc3ccc(N4CCCCC4)cc3)Oc3ccc(Cl)cc32)cc1. The Morgan fingerprint density at radius 3 is 2.36 bits per heavy atom. The first-order chi connectivity index (χ1) is 17.3. The average Bonchev–Trinajstić information content (AvgIpc) is 2.89. The normalized spacial score (nSPS) is 17.8. The number of halogens is 1. The summed E-state index contributed by atoms with van der Waals surface area (Å²) in [7, 11) is -3.96. The summed E-state index contributed by atoms with van der Waals surface area (Å²) in [5.74, 6) is -0.146. The molecule has 0 aliphatic carbocycles. The molecule has 1 amide bonds. The monoisotopic (exact) mass is 525 g/mol. The lowest BCUT2D eigenvalue weighted by molar-refractivity contribution is -0.122. The number of aryl methyl sites for hydroxylation is 1. The summed E-state index contributed by atoms with van der Waals surface area (Å²) >= 11 is 6.17. The molecular formula is C27H28ClN3O4S. The highest BCUT2D eigenvalue weighted by molar-refractivity contribution is 7.92. The second-order valence-electron chi connectivity index (χ2n) is 9.15. The molecule has 5 rings (SSSR count). The third kappa shape index (κ3) is 5.01. The van der Waals surface area contributed by atoms with Crippen LogP contribution in [0.3, 0.4) is 0 Å². The first kappa shape index (κ1) is 24.5. The smallest absolute Gasteiger partial charge is 0.267 e. The van der Waals surface area contributed by atoms with E-state index in [1.165, 1.54) is 29.6 Å². The third-order valence-electron chi connectivity index (χ3n) is 6.55. The molecule has 1 N–H and O–H groups in total. The number of carbonyl (C=O) groups excluding carboxylic acids is 1. The maximum atomic E-state index is 13.6. The summed E-state index contributed by atoms with van der Waals surface area (Å²) in [5.41, 5.74) is 3.00. The molecule has 0 saturated carbocycles. The van der Waals surface area contributed by atoms with Crippen molar-refractivity contribution in [3.05, 3.63) is 77.3 Å². The van der Waals surface area contributed by atoms with Crippen molar-refractivity contribution < 1.29 is 17.9 Å². The fourth-order valence-corrected chi connectivity index (χ4v) is 6.19. The number of piperidine rings is 1. The lowest BCUT2D eigenvalue weighted by Crippen LogP contribution is -2.48. The Balaban J connectivity index is 1.38. The summed E-state index contributed by atoms with van der Waals surface area (Å²) in [5, 5.41) is 3.25. The van der Waals surface area contributed by atoms with Gasteiger partial charge < -0.3 is 15.0 Å². The van der Waals surface area contributed by atoms with Crippen LogP contribution in [0.5, 0.6) is 5.75 Å². The van der Waals surface area contributed by atoms with Crippen molar-refractivity contribution in [2.75, 3.05) is 34.2 Å². The van der Waals surface area contributed by atoms with Crippen LogP contribution in [0.1, 0.15) is 24.8 Å². The quantitative estimate of drug-likeness (QED) is 0.493. The molecule has 0 bridgehead atoms. The second-order valence-corrected chi connectivity index (χ2v) is 11.5. The molecule has 188 valence electrons. The number of sulfonamides is 1. The van der Waals surface area contributed by atoms with Gasteiger partial charge in [-0.2, -0.15) is 0 Å². The van der Waals surface area contributed by atoms with E-state index in [0.717, 1.165) is 24.3 Å². The first-order valence-corrected chi connectivity index (χ1v) is 13.8. The minimum Gasteiger partial charge on any atom is -0.476 e. The van der Waals surface area contributed by atoms with Gasteiger partial charge in [0.25, 0.3) is 15.9 Å². The summed E-state index contributed by atoms with van der Waals surface area (Å²) in [6.07, 6.45) is 2.59. The Morgan fingerprint density at radius 2 is 1.67 bits per heavy atom. The number of nitrogens with zero attached hydrogens (tertiary/aromatic N) is 2. The molecule has 0 spiro atoms. The zero-order valence-corrected chi connectivity index (χ0v) is 21.6. The van der Waals surface area contributed by atoms with Gasteiger partial charge in [0.1, 0.15) is 5.75 Å². The van der Waals surface area contributed by atoms with Crippen LogP contribution in [0, 0.1) is 6.92 Å². The molecule has 2 aliphatic rings. The highest BCUT2D eigenvalue weighted by atomic mass is 35.5. The number of carbonyl (C=O) groups is 1. The molecular weight excluding hydrogens is 498 g/mol. The van der Waals surface area contributed by atoms with Gasteiger partial charge in [-0.05, 0) is 80.8 Å². The van der Waals surface area contributed by atoms with Gasteiger partial charge in [0.05, 0.1) is 17.1 Å². The molecule has 1 unspecified atom stereocenters. The predicted molar refractivity (Wildman–Crippen MR) is 143 cm³/mol.